The zero-order valence-electron chi connectivity index (χ0n) is 21.6. The molecule has 2 heterocycles. The Morgan fingerprint density at radius 2 is 1.49 bits per heavy atom. The van der Waals surface area contributed by atoms with Gasteiger partial charge < -0.3 is 28.4 Å². The summed E-state index contributed by atoms with van der Waals surface area (Å²) in [5.41, 5.74) is 1.13. The van der Waals surface area contributed by atoms with E-state index in [9.17, 15) is 14.4 Å². The van der Waals surface area contributed by atoms with Crippen LogP contribution in [0.15, 0.2) is 66.7 Å². The smallest absolute Gasteiger partial charge is 0.338 e. The number of hydrogen-bond donors (Lipinski definition) is 0. The standard InChI is InChI=1S/C28H28N2O9/c1-17(31)37-27-21(14-20-15-23(34-2)30-28(29-20)35-3)24(39-26(33)19-12-8-5-9-13-19)22(38-27)16-36-25(32)18-10-6-4-7-11-18/h4-13,15,21-22,24,27H,14,16H2,1-3H3/t21-,22+,24-,27-/m0/s1. The molecule has 11 heteroatoms. The Bertz CT molecular complexity index is 1260. The number of carbonyl (C=O) groups excluding carboxylic acids is 3. The van der Waals surface area contributed by atoms with Crippen LogP contribution < -0.4 is 9.47 Å². The first-order chi connectivity index (χ1) is 18.9. The Labute approximate surface area is 225 Å². The number of ether oxygens (including phenoxy) is 6. The molecule has 1 aliphatic heterocycles. The van der Waals surface area contributed by atoms with Gasteiger partial charge in [-0.15, -0.1) is 0 Å². The van der Waals surface area contributed by atoms with Gasteiger partial charge in [-0.3, -0.25) is 4.79 Å². The summed E-state index contributed by atoms with van der Waals surface area (Å²) >= 11 is 0. The monoisotopic (exact) mass is 536 g/mol. The van der Waals surface area contributed by atoms with Gasteiger partial charge in [0.1, 0.15) is 18.8 Å². The molecule has 204 valence electrons. The highest BCUT2D eigenvalue weighted by molar-refractivity contribution is 5.90. The molecule has 0 saturated carbocycles. The second kappa shape index (κ2) is 12.8. The van der Waals surface area contributed by atoms with E-state index in [0.29, 0.717) is 16.8 Å². The van der Waals surface area contributed by atoms with E-state index in [0.717, 1.165) is 0 Å². The van der Waals surface area contributed by atoms with Crippen molar-refractivity contribution in [2.24, 2.45) is 5.92 Å². The SMILES string of the molecule is COc1cc(C[C@@H]2[C@@H](OC(C)=O)O[C@H](COC(=O)c3ccccc3)[C@H]2OC(=O)c2ccccc2)nc(OC)n1. The minimum atomic E-state index is -1.12. The lowest BCUT2D eigenvalue weighted by molar-refractivity contribution is -0.181. The number of methoxy groups -OCH3 is 2. The molecule has 11 nitrogen and oxygen atoms in total. The highest BCUT2D eigenvalue weighted by atomic mass is 16.7. The third-order valence-corrected chi connectivity index (χ3v) is 5.94. The molecule has 4 rings (SSSR count). The summed E-state index contributed by atoms with van der Waals surface area (Å²) < 4.78 is 33.3. The summed E-state index contributed by atoms with van der Waals surface area (Å²) in [7, 11) is 2.87. The van der Waals surface area contributed by atoms with Crippen molar-refractivity contribution in [3.8, 4) is 11.9 Å². The van der Waals surface area contributed by atoms with Crippen LogP contribution in [0.3, 0.4) is 0 Å². The van der Waals surface area contributed by atoms with E-state index in [1.165, 1.54) is 21.1 Å². The predicted molar refractivity (Wildman–Crippen MR) is 135 cm³/mol. The van der Waals surface area contributed by atoms with Gasteiger partial charge in [0.15, 0.2) is 0 Å². The lowest BCUT2D eigenvalue weighted by Crippen LogP contribution is -2.37. The molecule has 0 bridgehead atoms. The molecule has 0 N–H and O–H groups in total. The van der Waals surface area contributed by atoms with Crippen molar-refractivity contribution in [1.82, 2.24) is 9.97 Å². The van der Waals surface area contributed by atoms with Gasteiger partial charge in [0.2, 0.25) is 12.2 Å². The molecule has 1 aromatic heterocycles. The number of aromatic nitrogens is 2. The van der Waals surface area contributed by atoms with E-state index in [1.54, 1.807) is 66.7 Å². The van der Waals surface area contributed by atoms with Crippen LogP contribution in [0.2, 0.25) is 0 Å². The largest absolute Gasteiger partial charge is 0.481 e. The highest BCUT2D eigenvalue weighted by Gasteiger charge is 2.49. The molecular formula is C28H28N2O9. The summed E-state index contributed by atoms with van der Waals surface area (Å²) in [6.07, 6.45) is -2.91. The average molecular weight is 537 g/mol. The number of esters is 3. The van der Waals surface area contributed by atoms with E-state index >= 15 is 0 Å². The molecule has 1 aliphatic rings. The fourth-order valence-electron chi connectivity index (χ4n) is 4.14. The molecule has 1 saturated heterocycles. The van der Waals surface area contributed by atoms with Crippen LogP contribution in [-0.4, -0.2) is 67.2 Å². The van der Waals surface area contributed by atoms with Crippen LogP contribution in [0.5, 0.6) is 11.9 Å². The quantitative estimate of drug-likeness (QED) is 0.280. The maximum Gasteiger partial charge on any atom is 0.338 e. The third kappa shape index (κ3) is 7.08. The average Bonchev–Trinajstić information content (AvgIpc) is 3.26. The first-order valence-electron chi connectivity index (χ1n) is 12.1. The Kier molecular flexibility index (Phi) is 9.06. The second-order valence-electron chi connectivity index (χ2n) is 8.61. The molecule has 0 aliphatic carbocycles. The number of rotatable bonds is 10. The number of benzene rings is 2. The number of hydrogen-bond acceptors (Lipinski definition) is 11. The van der Waals surface area contributed by atoms with Crippen LogP contribution in [0.25, 0.3) is 0 Å². The topological polar surface area (TPSA) is 132 Å². The van der Waals surface area contributed by atoms with Gasteiger partial charge in [-0.05, 0) is 24.3 Å². The van der Waals surface area contributed by atoms with Crippen molar-refractivity contribution < 1.29 is 42.8 Å². The molecule has 0 radical (unpaired) electrons. The van der Waals surface area contributed by atoms with Crippen molar-refractivity contribution >= 4 is 17.9 Å². The first-order valence-corrected chi connectivity index (χ1v) is 12.1. The Morgan fingerprint density at radius 1 is 0.846 bits per heavy atom. The molecule has 4 atom stereocenters. The molecule has 2 aromatic carbocycles. The van der Waals surface area contributed by atoms with Crippen molar-refractivity contribution in [2.45, 2.75) is 31.8 Å². The summed E-state index contributed by atoms with van der Waals surface area (Å²) in [4.78, 5) is 46.1. The van der Waals surface area contributed by atoms with Gasteiger partial charge in [0.25, 0.3) is 0 Å². The lowest BCUT2D eigenvalue weighted by atomic mass is 9.94. The lowest BCUT2D eigenvalue weighted by Gasteiger charge is -2.24. The molecule has 0 amide bonds. The summed E-state index contributed by atoms with van der Waals surface area (Å²) in [5.74, 6) is -2.25. The summed E-state index contributed by atoms with van der Waals surface area (Å²) in [6.45, 7) is 0.982. The Morgan fingerprint density at radius 3 is 2.08 bits per heavy atom. The van der Waals surface area contributed by atoms with E-state index in [4.69, 9.17) is 28.4 Å². The maximum atomic E-state index is 13.1. The molecule has 1 fully saturated rings. The zero-order chi connectivity index (χ0) is 27.8. The van der Waals surface area contributed by atoms with Gasteiger partial charge in [-0.1, -0.05) is 36.4 Å². The van der Waals surface area contributed by atoms with E-state index in [1.807, 2.05) is 0 Å². The fraction of sp³-hybridized carbons (Fsp3) is 0.321. The minimum absolute atomic E-state index is 0.0680. The predicted octanol–water partition coefficient (Wildman–Crippen LogP) is 3.02. The van der Waals surface area contributed by atoms with Gasteiger partial charge >= 0.3 is 23.9 Å². The van der Waals surface area contributed by atoms with Crippen LogP contribution in [0, 0.1) is 5.92 Å². The van der Waals surface area contributed by atoms with Gasteiger partial charge in [-0.2, -0.15) is 4.98 Å². The number of nitrogens with zero attached hydrogens (tertiary/aromatic N) is 2. The zero-order valence-corrected chi connectivity index (χ0v) is 21.6. The molecule has 0 spiro atoms. The highest BCUT2D eigenvalue weighted by Crippen LogP contribution is 2.35. The second-order valence-corrected chi connectivity index (χ2v) is 8.61. The Balaban J connectivity index is 1.63. The molecule has 39 heavy (non-hydrogen) atoms. The van der Waals surface area contributed by atoms with E-state index in [2.05, 4.69) is 9.97 Å². The van der Waals surface area contributed by atoms with E-state index in [-0.39, 0.29) is 24.9 Å². The molecular weight excluding hydrogens is 508 g/mol. The van der Waals surface area contributed by atoms with Crippen molar-refractivity contribution in [2.75, 3.05) is 20.8 Å². The van der Waals surface area contributed by atoms with E-state index < -0.39 is 42.3 Å². The van der Waals surface area contributed by atoms with Crippen molar-refractivity contribution in [3.63, 3.8) is 0 Å². The Hall–Kier alpha value is -4.51. The van der Waals surface area contributed by atoms with Gasteiger partial charge in [0, 0.05) is 19.4 Å². The van der Waals surface area contributed by atoms with Crippen LogP contribution in [0.4, 0.5) is 0 Å². The van der Waals surface area contributed by atoms with Crippen LogP contribution in [-0.2, 0) is 30.2 Å². The van der Waals surface area contributed by atoms with Gasteiger partial charge in [0.05, 0.1) is 37.0 Å². The van der Waals surface area contributed by atoms with Crippen LogP contribution in [0.1, 0.15) is 33.3 Å². The maximum absolute atomic E-state index is 13.1. The fourth-order valence-corrected chi connectivity index (χ4v) is 4.14. The van der Waals surface area contributed by atoms with Crippen LogP contribution >= 0.6 is 0 Å². The number of carbonyl (C=O) groups is 3. The third-order valence-electron chi connectivity index (χ3n) is 5.94. The van der Waals surface area contributed by atoms with Crippen molar-refractivity contribution in [3.05, 3.63) is 83.6 Å². The summed E-state index contributed by atoms with van der Waals surface area (Å²) in [5, 5.41) is 0. The molecule has 3 aromatic rings. The summed E-state index contributed by atoms with van der Waals surface area (Å²) in [6, 6.07) is 18.5. The van der Waals surface area contributed by atoms with Crippen molar-refractivity contribution in [1.29, 1.82) is 0 Å². The molecule has 0 unspecified atom stereocenters. The minimum Gasteiger partial charge on any atom is -0.481 e. The first kappa shape index (κ1) is 27.5. The normalized spacial score (nSPS) is 20.1. The van der Waals surface area contributed by atoms with Gasteiger partial charge in [-0.25, -0.2) is 14.6 Å².